The van der Waals surface area contributed by atoms with Crippen molar-refractivity contribution >= 4 is 28.5 Å². The van der Waals surface area contributed by atoms with Crippen LogP contribution < -0.4 is 16.3 Å². The zero-order valence-corrected chi connectivity index (χ0v) is 15.6. The molecule has 0 spiro atoms. The molecule has 1 atom stereocenters. The second-order valence-corrected chi connectivity index (χ2v) is 5.88. The van der Waals surface area contributed by atoms with Gasteiger partial charge in [-0.25, -0.2) is 5.43 Å². The summed E-state index contributed by atoms with van der Waals surface area (Å²) in [7, 11) is 0. The van der Waals surface area contributed by atoms with Gasteiger partial charge in [0, 0.05) is 5.56 Å². The van der Waals surface area contributed by atoms with E-state index < -0.39 is 11.9 Å². The van der Waals surface area contributed by atoms with Gasteiger partial charge in [0.15, 0.2) is 0 Å². The van der Waals surface area contributed by atoms with Gasteiger partial charge in [-0.05, 0) is 17.7 Å². The van der Waals surface area contributed by atoms with Crippen molar-refractivity contribution in [2.24, 2.45) is 0 Å². The lowest BCUT2D eigenvalue weighted by Gasteiger charge is -2.19. The summed E-state index contributed by atoms with van der Waals surface area (Å²) in [6, 6.07) is 17.2. The molecule has 8 heteroatoms. The Kier molecular flexibility index (Phi) is 8.61. The first-order chi connectivity index (χ1) is 13.6. The molecule has 0 saturated carbocycles. The number of nitrogens with one attached hydrogen (secondary N) is 5. The maximum atomic E-state index is 12.7. The molecule has 2 aromatic carbocycles. The van der Waals surface area contributed by atoms with Crippen LogP contribution in [0.4, 0.5) is 0 Å². The third-order valence-corrected chi connectivity index (χ3v) is 3.59. The Morgan fingerprint density at radius 2 is 1.64 bits per heavy atom. The van der Waals surface area contributed by atoms with Crippen LogP contribution in [0.15, 0.2) is 85.2 Å². The van der Waals surface area contributed by atoms with Crippen molar-refractivity contribution < 1.29 is 9.63 Å². The summed E-state index contributed by atoms with van der Waals surface area (Å²) in [6.07, 6.45) is 5.74. The Morgan fingerprint density at radius 1 is 1.00 bits per heavy atom. The number of halogens is 1. The molecule has 0 radical (unpaired) electrons. The average Bonchev–Trinajstić information content (AvgIpc) is 2.71. The molecular weight excluding hydrogens is 378 g/mol. The van der Waals surface area contributed by atoms with Gasteiger partial charge in [-0.1, -0.05) is 83.9 Å². The standard InChI is InChI=1S/C20H20ClN5O2/c21-17(22)13-7-8-14-28-26-25-18(15-9-3-1-4-10-15)20(27)24-19(23)16-11-5-2-6-12-16/h1-14,18,22,25-26H,(H2,23,24,27)/b13-7-,14-8+,22-17?. The molecule has 144 valence electrons. The Labute approximate surface area is 168 Å². The van der Waals surface area contributed by atoms with Crippen molar-refractivity contribution in [2.45, 2.75) is 6.04 Å². The van der Waals surface area contributed by atoms with E-state index in [0.29, 0.717) is 11.1 Å². The summed E-state index contributed by atoms with van der Waals surface area (Å²) in [5.74, 6) is -0.418. The third-order valence-electron chi connectivity index (χ3n) is 3.47. The molecule has 0 aliphatic carbocycles. The molecule has 1 amide bonds. The highest BCUT2D eigenvalue weighted by Crippen LogP contribution is 2.12. The number of hydrogen-bond acceptors (Lipinski definition) is 6. The molecule has 0 aliphatic rings. The van der Waals surface area contributed by atoms with Crippen molar-refractivity contribution in [2.75, 3.05) is 0 Å². The Bertz CT molecular complexity index is 853. The van der Waals surface area contributed by atoms with E-state index >= 15 is 0 Å². The van der Waals surface area contributed by atoms with Crippen LogP contribution in [0.5, 0.6) is 0 Å². The van der Waals surface area contributed by atoms with Gasteiger partial charge in [-0.2, -0.15) is 0 Å². The topological polar surface area (TPSA) is 110 Å². The molecule has 5 N–H and O–H groups in total. The minimum atomic E-state index is -0.801. The van der Waals surface area contributed by atoms with Gasteiger partial charge in [0.25, 0.3) is 0 Å². The van der Waals surface area contributed by atoms with Gasteiger partial charge in [0.2, 0.25) is 5.91 Å². The second kappa shape index (κ2) is 11.5. The third kappa shape index (κ3) is 7.16. The first-order valence-corrected chi connectivity index (χ1v) is 8.69. The minimum Gasteiger partial charge on any atom is -0.402 e. The van der Waals surface area contributed by atoms with Crippen molar-refractivity contribution in [1.82, 2.24) is 16.3 Å². The van der Waals surface area contributed by atoms with Gasteiger partial charge < -0.3 is 10.2 Å². The number of carbonyl (C=O) groups excluding carboxylic acids is 1. The van der Waals surface area contributed by atoms with Gasteiger partial charge in [-0.3, -0.25) is 15.6 Å². The van der Waals surface area contributed by atoms with Crippen molar-refractivity contribution in [1.29, 1.82) is 10.8 Å². The van der Waals surface area contributed by atoms with Gasteiger partial charge in [0.1, 0.15) is 23.3 Å². The molecule has 0 heterocycles. The SMILES string of the molecule is N=C(Cl)/C=C\C=C\ONNC(C(=O)NC(=N)c1ccccc1)c1ccccc1. The Balaban J connectivity index is 1.98. The molecular formula is C20H20ClN5O2. The Hall–Kier alpha value is -3.26. The van der Waals surface area contributed by atoms with Gasteiger partial charge in [-0.15, -0.1) is 0 Å². The predicted octanol–water partition coefficient (Wildman–Crippen LogP) is 3.18. The molecule has 0 fully saturated rings. The van der Waals surface area contributed by atoms with Crippen molar-refractivity contribution in [3.8, 4) is 0 Å². The summed E-state index contributed by atoms with van der Waals surface area (Å²) >= 11 is 5.38. The van der Waals surface area contributed by atoms with E-state index in [0.717, 1.165) is 0 Å². The van der Waals surface area contributed by atoms with E-state index in [2.05, 4.69) is 16.3 Å². The number of carbonyl (C=O) groups is 1. The molecule has 0 aromatic heterocycles. The summed E-state index contributed by atoms with van der Waals surface area (Å²) in [5, 5.41) is 17.6. The lowest BCUT2D eigenvalue weighted by Crippen LogP contribution is -2.45. The molecule has 1 unspecified atom stereocenters. The number of amidine groups is 1. The molecule has 0 saturated heterocycles. The first-order valence-electron chi connectivity index (χ1n) is 8.31. The van der Waals surface area contributed by atoms with Crippen LogP contribution >= 0.6 is 11.6 Å². The van der Waals surface area contributed by atoms with Crippen molar-refractivity contribution in [3.63, 3.8) is 0 Å². The molecule has 0 bridgehead atoms. The van der Waals surface area contributed by atoms with E-state index in [9.17, 15) is 4.79 Å². The number of benzene rings is 2. The van der Waals surface area contributed by atoms with E-state index in [1.54, 1.807) is 36.4 Å². The second-order valence-electron chi connectivity index (χ2n) is 5.47. The fourth-order valence-electron chi connectivity index (χ4n) is 2.17. The molecule has 0 aliphatic heterocycles. The summed E-state index contributed by atoms with van der Waals surface area (Å²) in [4.78, 5) is 17.8. The monoisotopic (exact) mass is 397 g/mol. The predicted molar refractivity (Wildman–Crippen MR) is 110 cm³/mol. The lowest BCUT2D eigenvalue weighted by atomic mass is 10.1. The maximum Gasteiger partial charge on any atom is 0.248 e. The largest absolute Gasteiger partial charge is 0.402 e. The fourth-order valence-corrected chi connectivity index (χ4v) is 2.24. The van der Waals surface area contributed by atoms with E-state index in [1.807, 2.05) is 24.3 Å². The minimum absolute atomic E-state index is 0.00260. The molecule has 2 aromatic rings. The molecule has 7 nitrogen and oxygen atoms in total. The number of rotatable bonds is 9. The van der Waals surface area contributed by atoms with Crippen LogP contribution in [0.3, 0.4) is 0 Å². The van der Waals surface area contributed by atoms with E-state index in [-0.39, 0.29) is 11.0 Å². The quantitative estimate of drug-likeness (QED) is 0.112. The Morgan fingerprint density at radius 3 is 2.29 bits per heavy atom. The number of allylic oxidation sites excluding steroid dienone is 3. The summed E-state index contributed by atoms with van der Waals surface area (Å²) < 4.78 is 0. The lowest BCUT2D eigenvalue weighted by molar-refractivity contribution is -0.123. The van der Waals surface area contributed by atoms with Crippen molar-refractivity contribution in [3.05, 3.63) is 96.3 Å². The van der Waals surface area contributed by atoms with Crippen LogP contribution in [0.25, 0.3) is 0 Å². The number of hydrogen-bond donors (Lipinski definition) is 5. The number of hydrazine groups is 1. The van der Waals surface area contributed by atoms with Crippen LogP contribution in [0.1, 0.15) is 17.2 Å². The highest BCUT2D eigenvalue weighted by Gasteiger charge is 2.21. The van der Waals surface area contributed by atoms with Gasteiger partial charge in [0.05, 0.1) is 0 Å². The fraction of sp³-hybridized carbons (Fsp3) is 0.0500. The normalized spacial score (nSPS) is 12.0. The highest BCUT2D eigenvalue weighted by molar-refractivity contribution is 6.67. The van der Waals surface area contributed by atoms with Crippen LogP contribution in [0.2, 0.25) is 0 Å². The number of amides is 1. The average molecular weight is 398 g/mol. The molecule has 2 rings (SSSR count). The zero-order valence-electron chi connectivity index (χ0n) is 14.9. The highest BCUT2D eigenvalue weighted by atomic mass is 35.5. The van der Waals surface area contributed by atoms with Crippen LogP contribution in [-0.4, -0.2) is 16.9 Å². The zero-order chi connectivity index (χ0) is 20.2. The van der Waals surface area contributed by atoms with Crippen LogP contribution in [-0.2, 0) is 9.63 Å². The van der Waals surface area contributed by atoms with E-state index in [1.165, 1.54) is 24.5 Å². The summed E-state index contributed by atoms with van der Waals surface area (Å²) in [5.41, 5.74) is 6.54. The van der Waals surface area contributed by atoms with Crippen LogP contribution in [0, 0.1) is 10.8 Å². The first kappa shape index (κ1) is 21.0. The smallest absolute Gasteiger partial charge is 0.248 e. The summed E-state index contributed by atoms with van der Waals surface area (Å²) in [6.45, 7) is 0. The van der Waals surface area contributed by atoms with Gasteiger partial charge >= 0.3 is 0 Å². The molecule has 28 heavy (non-hydrogen) atoms. The maximum absolute atomic E-state index is 12.7. The van der Waals surface area contributed by atoms with E-state index in [4.69, 9.17) is 27.3 Å².